The van der Waals surface area contributed by atoms with Crippen LogP contribution in [0.5, 0.6) is 0 Å². The zero-order chi connectivity index (χ0) is 24.0. The maximum Gasteiger partial charge on any atom is 0.325 e. The molecule has 1 atom stereocenters. The summed E-state index contributed by atoms with van der Waals surface area (Å²) in [5.41, 5.74) is 0.283. The second-order valence-electron chi connectivity index (χ2n) is 9.96. The van der Waals surface area contributed by atoms with Crippen molar-refractivity contribution in [1.82, 2.24) is 15.1 Å². The van der Waals surface area contributed by atoms with Gasteiger partial charge in [-0.15, -0.1) is 0 Å². The monoisotopic (exact) mass is 467 g/mol. The molecule has 2 aliphatic heterocycles. The first-order valence-electron chi connectivity index (χ1n) is 12.0. The van der Waals surface area contributed by atoms with Crippen molar-refractivity contribution >= 4 is 17.8 Å². The van der Waals surface area contributed by atoms with Gasteiger partial charge in [-0.3, -0.25) is 14.5 Å². The number of aryl methyl sites for hydroxylation is 2. The van der Waals surface area contributed by atoms with Crippen LogP contribution in [0, 0.1) is 31.5 Å². The minimum absolute atomic E-state index is 0.0717. The molecular formula is C26H30FN3O4. The fourth-order valence-corrected chi connectivity index (χ4v) is 5.42. The van der Waals surface area contributed by atoms with Crippen molar-refractivity contribution in [1.29, 1.82) is 0 Å². The molecule has 7 nitrogen and oxygen atoms in total. The van der Waals surface area contributed by atoms with Crippen LogP contribution < -0.4 is 5.32 Å². The molecule has 34 heavy (non-hydrogen) atoms. The van der Waals surface area contributed by atoms with Crippen molar-refractivity contribution in [3.05, 3.63) is 58.8 Å². The van der Waals surface area contributed by atoms with Gasteiger partial charge in [-0.2, -0.15) is 0 Å². The zero-order valence-electron chi connectivity index (χ0n) is 19.6. The highest BCUT2D eigenvalue weighted by Gasteiger charge is 2.56. The maximum absolute atomic E-state index is 13.7. The minimum atomic E-state index is -1.08. The number of piperidine rings is 1. The van der Waals surface area contributed by atoms with E-state index in [2.05, 4.69) is 5.32 Å². The lowest BCUT2D eigenvalue weighted by atomic mass is 9.73. The Hall–Kier alpha value is -3.16. The number of carbonyl (C=O) groups is 3. The molecule has 1 saturated carbocycles. The number of hydrogen-bond donors (Lipinski definition) is 1. The molecule has 2 aromatic rings. The van der Waals surface area contributed by atoms with Gasteiger partial charge < -0.3 is 14.6 Å². The van der Waals surface area contributed by atoms with E-state index >= 15 is 0 Å². The Morgan fingerprint density at radius 1 is 1.12 bits per heavy atom. The van der Waals surface area contributed by atoms with Crippen molar-refractivity contribution in [3.8, 4) is 0 Å². The van der Waals surface area contributed by atoms with E-state index in [4.69, 9.17) is 4.42 Å². The molecule has 4 amide bonds. The molecule has 0 unspecified atom stereocenters. The molecule has 1 aliphatic carbocycles. The van der Waals surface area contributed by atoms with Crippen LogP contribution in [-0.4, -0.2) is 52.8 Å². The number of hydrogen-bond acceptors (Lipinski definition) is 4. The first kappa shape index (κ1) is 22.6. The molecule has 0 bridgehead atoms. The van der Waals surface area contributed by atoms with Crippen LogP contribution in [-0.2, 0) is 11.2 Å². The Bertz CT molecular complexity index is 1120. The average molecular weight is 468 g/mol. The van der Waals surface area contributed by atoms with Gasteiger partial charge in [-0.05, 0) is 75.1 Å². The van der Waals surface area contributed by atoms with Crippen LogP contribution in [0.1, 0.15) is 53.1 Å². The van der Waals surface area contributed by atoms with E-state index in [1.807, 2.05) is 6.92 Å². The summed E-state index contributed by atoms with van der Waals surface area (Å²) in [5, 5.41) is 3.05. The minimum Gasteiger partial charge on any atom is -0.466 e. The lowest BCUT2D eigenvalue weighted by Gasteiger charge is -2.41. The molecule has 0 spiro atoms. The van der Waals surface area contributed by atoms with Gasteiger partial charge in [0.05, 0.1) is 5.56 Å². The van der Waals surface area contributed by atoms with E-state index < -0.39 is 5.54 Å². The van der Waals surface area contributed by atoms with Crippen molar-refractivity contribution in [2.24, 2.45) is 11.8 Å². The molecule has 3 heterocycles. The van der Waals surface area contributed by atoms with E-state index in [0.29, 0.717) is 61.9 Å². The lowest BCUT2D eigenvalue weighted by molar-refractivity contribution is -0.134. The molecule has 1 N–H and O–H groups in total. The molecule has 5 rings (SSSR count). The molecule has 3 fully saturated rings. The number of carbonyl (C=O) groups excluding carboxylic acids is 3. The van der Waals surface area contributed by atoms with Crippen molar-refractivity contribution in [2.45, 2.75) is 51.5 Å². The summed E-state index contributed by atoms with van der Waals surface area (Å²) in [6, 6.07) is 7.51. The summed E-state index contributed by atoms with van der Waals surface area (Å²) in [4.78, 5) is 42.9. The number of rotatable bonds is 6. The summed E-state index contributed by atoms with van der Waals surface area (Å²) in [6.07, 6.45) is 3.56. The number of nitrogens with one attached hydrogen (secondary N) is 1. The van der Waals surface area contributed by atoms with Crippen LogP contribution in [0.15, 0.2) is 34.7 Å². The quantitative estimate of drug-likeness (QED) is 0.655. The number of urea groups is 1. The third kappa shape index (κ3) is 4.10. The number of furan rings is 1. The number of amides is 4. The van der Waals surface area contributed by atoms with Gasteiger partial charge in [0.2, 0.25) is 0 Å². The van der Waals surface area contributed by atoms with E-state index in [1.165, 1.54) is 17.0 Å². The number of benzene rings is 1. The highest BCUT2D eigenvalue weighted by atomic mass is 19.1. The van der Waals surface area contributed by atoms with Crippen molar-refractivity contribution in [3.63, 3.8) is 0 Å². The lowest BCUT2D eigenvalue weighted by Crippen LogP contribution is -2.58. The Morgan fingerprint density at radius 2 is 1.79 bits per heavy atom. The first-order valence-corrected chi connectivity index (χ1v) is 12.0. The summed E-state index contributed by atoms with van der Waals surface area (Å²) in [5.74, 6) is 0.950. The number of halogens is 1. The molecule has 1 aromatic heterocycles. The predicted octanol–water partition coefficient (Wildman–Crippen LogP) is 3.83. The predicted molar refractivity (Wildman–Crippen MR) is 123 cm³/mol. The number of likely N-dealkylation sites (tertiary alicyclic amines) is 1. The van der Waals surface area contributed by atoms with Crippen LogP contribution in [0.25, 0.3) is 0 Å². The molecule has 0 radical (unpaired) electrons. The van der Waals surface area contributed by atoms with Gasteiger partial charge in [0.25, 0.3) is 11.8 Å². The van der Waals surface area contributed by atoms with E-state index in [1.54, 1.807) is 30.0 Å². The fourth-order valence-electron chi connectivity index (χ4n) is 5.42. The summed E-state index contributed by atoms with van der Waals surface area (Å²) in [6.45, 7) is 5.03. The normalized spacial score (nSPS) is 23.5. The van der Waals surface area contributed by atoms with Crippen LogP contribution >= 0.6 is 0 Å². The molecule has 1 aromatic carbocycles. The maximum atomic E-state index is 13.7. The molecule has 8 heteroatoms. The number of nitrogens with zero attached hydrogens (tertiary/aromatic N) is 2. The van der Waals surface area contributed by atoms with E-state index in [-0.39, 0.29) is 29.6 Å². The third-order valence-electron chi connectivity index (χ3n) is 7.49. The van der Waals surface area contributed by atoms with Gasteiger partial charge >= 0.3 is 6.03 Å². The number of imide groups is 1. The van der Waals surface area contributed by atoms with Crippen LogP contribution in [0.3, 0.4) is 0 Å². The Morgan fingerprint density at radius 3 is 2.38 bits per heavy atom. The third-order valence-corrected chi connectivity index (χ3v) is 7.49. The fraction of sp³-hybridized carbons (Fsp3) is 0.500. The summed E-state index contributed by atoms with van der Waals surface area (Å²) >= 11 is 0. The largest absolute Gasteiger partial charge is 0.466 e. The SMILES string of the molecule is Cc1cc(C(=O)N2CCC([C@]3(Cc4ccc(F)cc4)NC(=O)N(CC4CC4)C3=O)CC2)c(C)o1. The molecule has 2 saturated heterocycles. The van der Waals surface area contributed by atoms with Gasteiger partial charge in [-0.25, -0.2) is 9.18 Å². The van der Waals surface area contributed by atoms with E-state index in [9.17, 15) is 18.8 Å². The summed E-state index contributed by atoms with van der Waals surface area (Å²) < 4.78 is 19.0. The zero-order valence-corrected chi connectivity index (χ0v) is 19.6. The van der Waals surface area contributed by atoms with Crippen molar-refractivity contribution < 1.29 is 23.2 Å². The first-order chi connectivity index (χ1) is 16.3. The molecule has 180 valence electrons. The van der Waals surface area contributed by atoms with Gasteiger partial charge in [0.1, 0.15) is 22.9 Å². The standard InChI is InChI=1S/C26H30FN3O4/c1-16-13-22(17(2)34-16)23(31)29-11-9-20(10-12-29)26(14-18-5-7-21(27)8-6-18)24(32)30(25(33)28-26)15-19-3-4-19/h5-8,13,19-20H,3-4,9-12,14-15H2,1-2H3,(H,28,33)/t26-/m0/s1. The molecular weight excluding hydrogens is 437 g/mol. The summed E-state index contributed by atoms with van der Waals surface area (Å²) in [7, 11) is 0. The van der Waals surface area contributed by atoms with Crippen LogP contribution in [0.4, 0.5) is 9.18 Å². The Kier molecular flexibility index (Phi) is 5.70. The van der Waals surface area contributed by atoms with Gasteiger partial charge in [0, 0.05) is 26.1 Å². The molecule has 3 aliphatic rings. The van der Waals surface area contributed by atoms with Crippen LogP contribution in [0.2, 0.25) is 0 Å². The second kappa shape index (κ2) is 8.56. The average Bonchev–Trinajstić information content (AvgIpc) is 3.54. The topological polar surface area (TPSA) is 82.9 Å². The highest BCUT2D eigenvalue weighted by molar-refractivity contribution is 6.07. The smallest absolute Gasteiger partial charge is 0.325 e. The second-order valence-corrected chi connectivity index (χ2v) is 9.96. The Balaban J connectivity index is 1.37. The highest BCUT2D eigenvalue weighted by Crippen LogP contribution is 2.39. The van der Waals surface area contributed by atoms with Gasteiger partial charge in [0.15, 0.2) is 0 Å². The van der Waals surface area contributed by atoms with E-state index in [0.717, 1.165) is 18.4 Å². The Labute approximate surface area is 198 Å². The van der Waals surface area contributed by atoms with Crippen molar-refractivity contribution in [2.75, 3.05) is 19.6 Å². The van der Waals surface area contributed by atoms with Gasteiger partial charge in [-0.1, -0.05) is 12.1 Å².